The van der Waals surface area contributed by atoms with Gasteiger partial charge in [0.05, 0.1) is 12.0 Å². The lowest BCUT2D eigenvalue weighted by Crippen LogP contribution is -2.65. The quantitative estimate of drug-likeness (QED) is 0.747. The van der Waals surface area contributed by atoms with Crippen molar-refractivity contribution in [2.45, 2.75) is 18.9 Å². The Bertz CT molecular complexity index is 482. The lowest BCUT2D eigenvalue weighted by molar-refractivity contribution is -0.138. The van der Waals surface area contributed by atoms with Crippen LogP contribution in [0.4, 0.5) is 11.4 Å². The number of hydrogen-bond donors (Lipinski definition) is 3. The summed E-state index contributed by atoms with van der Waals surface area (Å²) in [5, 5.41) is 15.5. The predicted molar refractivity (Wildman–Crippen MR) is 77.0 cm³/mol. The first-order chi connectivity index (χ1) is 8.92. The monoisotopic (exact) mass is 263 g/mol. The number of hydrogen-bond acceptors (Lipinski definition) is 4. The maximum absolute atomic E-state index is 11.0. The highest BCUT2D eigenvalue weighted by Crippen LogP contribution is 2.27. The highest BCUT2D eigenvalue weighted by Gasteiger charge is 2.39. The smallest absolute Gasteiger partial charge is 0.305 e. The Labute approximate surface area is 113 Å². The van der Waals surface area contributed by atoms with Gasteiger partial charge in [-0.05, 0) is 24.6 Å². The Hall–Kier alpha value is -1.75. The number of nitrogens with zero attached hydrogens (tertiary/aromatic N) is 1. The second kappa shape index (κ2) is 5.09. The molecule has 0 radical (unpaired) electrons. The molecule has 1 aliphatic heterocycles. The molecule has 19 heavy (non-hydrogen) atoms. The Morgan fingerprint density at radius 1 is 1.47 bits per heavy atom. The summed E-state index contributed by atoms with van der Waals surface area (Å²) in [6.45, 7) is 3.44. The van der Waals surface area contributed by atoms with E-state index in [1.165, 1.54) is 5.56 Å². The molecule has 2 rings (SSSR count). The molecule has 1 fully saturated rings. The first-order valence-electron chi connectivity index (χ1n) is 6.41. The van der Waals surface area contributed by atoms with Crippen molar-refractivity contribution in [3.8, 4) is 0 Å². The number of aryl methyl sites for hydroxylation is 1. The van der Waals surface area contributed by atoms with E-state index in [2.05, 4.69) is 34.6 Å². The van der Waals surface area contributed by atoms with Crippen molar-refractivity contribution < 1.29 is 9.90 Å². The molecule has 1 aromatic rings. The Balaban J connectivity index is 2.18. The molecule has 1 aliphatic rings. The second-order valence-corrected chi connectivity index (χ2v) is 5.48. The van der Waals surface area contributed by atoms with Crippen molar-refractivity contribution in [3.63, 3.8) is 0 Å². The van der Waals surface area contributed by atoms with Gasteiger partial charge in [-0.15, -0.1) is 0 Å². The van der Waals surface area contributed by atoms with Crippen LogP contribution < -0.4 is 15.5 Å². The van der Waals surface area contributed by atoms with Crippen LogP contribution >= 0.6 is 0 Å². The Kier molecular flexibility index (Phi) is 3.66. The summed E-state index contributed by atoms with van der Waals surface area (Å²) in [6.07, 6.45) is 0.130. The van der Waals surface area contributed by atoms with Crippen molar-refractivity contribution in [2.24, 2.45) is 0 Å². The zero-order chi connectivity index (χ0) is 14.0. The van der Waals surface area contributed by atoms with Crippen LogP contribution in [0, 0.1) is 6.92 Å². The van der Waals surface area contributed by atoms with Crippen LogP contribution in [-0.2, 0) is 4.79 Å². The fraction of sp³-hybridized carbons (Fsp3) is 0.500. The molecule has 0 unspecified atom stereocenters. The van der Waals surface area contributed by atoms with Crippen molar-refractivity contribution in [1.29, 1.82) is 0 Å². The summed E-state index contributed by atoms with van der Waals surface area (Å²) in [5.41, 5.74) is 2.96. The number of carboxylic acid groups (broad SMARTS) is 1. The molecule has 5 nitrogen and oxygen atoms in total. The van der Waals surface area contributed by atoms with Crippen LogP contribution in [0.3, 0.4) is 0 Å². The maximum Gasteiger partial charge on any atom is 0.305 e. The van der Waals surface area contributed by atoms with Gasteiger partial charge in [0.2, 0.25) is 0 Å². The molecular weight excluding hydrogens is 242 g/mol. The van der Waals surface area contributed by atoms with Crippen LogP contribution in [0.2, 0.25) is 0 Å². The van der Waals surface area contributed by atoms with Crippen LogP contribution in [0.1, 0.15) is 12.0 Å². The molecule has 0 saturated carbocycles. The van der Waals surface area contributed by atoms with E-state index >= 15 is 0 Å². The first kappa shape index (κ1) is 13.7. The van der Waals surface area contributed by atoms with Crippen LogP contribution in [0.15, 0.2) is 18.2 Å². The van der Waals surface area contributed by atoms with Gasteiger partial charge in [0.1, 0.15) is 0 Å². The van der Waals surface area contributed by atoms with E-state index in [9.17, 15) is 4.79 Å². The fourth-order valence-corrected chi connectivity index (χ4v) is 2.45. The zero-order valence-corrected chi connectivity index (χ0v) is 11.7. The van der Waals surface area contributed by atoms with E-state index in [-0.39, 0.29) is 12.0 Å². The van der Waals surface area contributed by atoms with E-state index in [4.69, 9.17) is 5.11 Å². The number of benzene rings is 1. The van der Waals surface area contributed by atoms with Crippen LogP contribution in [0.25, 0.3) is 0 Å². The minimum absolute atomic E-state index is 0.130. The second-order valence-electron chi connectivity index (χ2n) is 5.48. The molecule has 3 N–H and O–H groups in total. The lowest BCUT2D eigenvalue weighted by Gasteiger charge is -2.43. The SMILES string of the molecule is Cc1ccc(NC2(CC(=O)O)CNC2)cc1N(C)C. The molecule has 0 atom stereocenters. The summed E-state index contributed by atoms with van der Waals surface area (Å²) in [7, 11) is 4.01. The normalized spacial score (nSPS) is 16.6. The highest BCUT2D eigenvalue weighted by molar-refractivity contribution is 5.71. The third kappa shape index (κ3) is 2.98. The number of nitrogens with one attached hydrogen (secondary N) is 2. The van der Waals surface area contributed by atoms with E-state index in [1.54, 1.807) is 0 Å². The van der Waals surface area contributed by atoms with E-state index < -0.39 is 5.97 Å². The van der Waals surface area contributed by atoms with Crippen molar-refractivity contribution >= 4 is 17.3 Å². The number of carbonyl (C=O) groups is 1. The molecule has 1 heterocycles. The zero-order valence-electron chi connectivity index (χ0n) is 11.7. The molecule has 0 aliphatic carbocycles. The fourth-order valence-electron chi connectivity index (χ4n) is 2.45. The highest BCUT2D eigenvalue weighted by atomic mass is 16.4. The van der Waals surface area contributed by atoms with Gasteiger partial charge in [0.25, 0.3) is 0 Å². The summed E-state index contributed by atoms with van der Waals surface area (Å²) >= 11 is 0. The van der Waals surface area contributed by atoms with E-state index in [1.807, 2.05) is 20.2 Å². The average molecular weight is 263 g/mol. The van der Waals surface area contributed by atoms with Crippen molar-refractivity contribution in [2.75, 3.05) is 37.4 Å². The Morgan fingerprint density at radius 2 is 2.16 bits per heavy atom. The lowest BCUT2D eigenvalue weighted by atomic mass is 9.88. The largest absolute Gasteiger partial charge is 0.481 e. The van der Waals surface area contributed by atoms with Gasteiger partial charge < -0.3 is 20.6 Å². The van der Waals surface area contributed by atoms with E-state index in [0.717, 1.165) is 11.4 Å². The molecule has 0 spiro atoms. The molecule has 0 aromatic heterocycles. The number of rotatable bonds is 5. The minimum Gasteiger partial charge on any atom is -0.481 e. The predicted octanol–water partition coefficient (Wildman–Crippen LogP) is 1.29. The maximum atomic E-state index is 11.0. The molecule has 1 aromatic carbocycles. The van der Waals surface area contributed by atoms with Gasteiger partial charge in [-0.25, -0.2) is 0 Å². The van der Waals surface area contributed by atoms with Gasteiger partial charge >= 0.3 is 5.97 Å². The number of carboxylic acids is 1. The van der Waals surface area contributed by atoms with Gasteiger partial charge in [0, 0.05) is 38.6 Å². The molecule has 1 saturated heterocycles. The molecule has 104 valence electrons. The first-order valence-corrected chi connectivity index (χ1v) is 6.41. The molecule has 0 bridgehead atoms. The van der Waals surface area contributed by atoms with Gasteiger partial charge in [0.15, 0.2) is 0 Å². The standard InChI is InChI=1S/C14H21N3O2/c1-10-4-5-11(6-12(10)17(2)3)16-14(7-13(18)19)8-15-9-14/h4-6,15-16H,7-9H2,1-3H3,(H,18,19). The number of aliphatic carboxylic acids is 1. The van der Waals surface area contributed by atoms with E-state index in [0.29, 0.717) is 13.1 Å². The third-order valence-corrected chi connectivity index (χ3v) is 3.52. The summed E-state index contributed by atoms with van der Waals surface area (Å²) in [4.78, 5) is 13.0. The Morgan fingerprint density at radius 3 is 2.63 bits per heavy atom. The minimum atomic E-state index is -0.769. The van der Waals surface area contributed by atoms with Gasteiger partial charge in [-0.3, -0.25) is 4.79 Å². The molecule has 5 heteroatoms. The molecular formula is C14H21N3O2. The third-order valence-electron chi connectivity index (χ3n) is 3.52. The summed E-state index contributed by atoms with van der Waals surface area (Å²) in [6, 6.07) is 6.12. The molecule has 0 amide bonds. The summed E-state index contributed by atoms with van der Waals surface area (Å²) in [5.74, 6) is -0.769. The van der Waals surface area contributed by atoms with Gasteiger partial charge in [-0.1, -0.05) is 6.07 Å². The average Bonchev–Trinajstić information content (AvgIpc) is 2.27. The van der Waals surface area contributed by atoms with Crippen LogP contribution in [-0.4, -0.2) is 43.8 Å². The van der Waals surface area contributed by atoms with Gasteiger partial charge in [-0.2, -0.15) is 0 Å². The van der Waals surface area contributed by atoms with Crippen molar-refractivity contribution in [3.05, 3.63) is 23.8 Å². The topological polar surface area (TPSA) is 64.6 Å². The summed E-state index contributed by atoms with van der Waals surface area (Å²) < 4.78 is 0. The van der Waals surface area contributed by atoms with Crippen molar-refractivity contribution in [1.82, 2.24) is 5.32 Å². The number of anilines is 2. The van der Waals surface area contributed by atoms with Crippen LogP contribution in [0.5, 0.6) is 0 Å².